The van der Waals surface area contributed by atoms with Crippen LogP contribution in [0.15, 0.2) is 67.3 Å². The van der Waals surface area contributed by atoms with Crippen LogP contribution in [0.2, 0.25) is 0 Å². The molecule has 2 aromatic carbocycles. The summed E-state index contributed by atoms with van der Waals surface area (Å²) in [6.07, 6.45) is 4.89. The number of hydrogen-bond donors (Lipinski definition) is 1. The van der Waals surface area contributed by atoms with E-state index in [9.17, 15) is 4.79 Å². The van der Waals surface area contributed by atoms with Gasteiger partial charge >= 0.3 is 5.97 Å². The average molecular weight is 424 g/mol. The number of fused-ring (bicyclic) bond motifs is 1. The minimum Gasteiger partial charge on any atom is -0.455 e. The minimum absolute atomic E-state index is 0.0521. The molecule has 0 aliphatic heterocycles. The number of aryl methyl sites for hydroxylation is 1. The van der Waals surface area contributed by atoms with E-state index in [1.165, 1.54) is 13.3 Å². The first-order valence-electron chi connectivity index (χ1n) is 9.91. The van der Waals surface area contributed by atoms with Crippen molar-refractivity contribution >= 4 is 28.4 Å². The lowest BCUT2D eigenvalue weighted by molar-refractivity contribution is -0.139. The first-order valence-corrected chi connectivity index (χ1v) is 9.91. The highest BCUT2D eigenvalue weighted by atomic mass is 16.5. The first kappa shape index (κ1) is 20.8. The number of anilines is 2. The van der Waals surface area contributed by atoms with Crippen molar-refractivity contribution in [1.82, 2.24) is 15.0 Å². The van der Waals surface area contributed by atoms with Crippen LogP contribution in [0.4, 0.5) is 11.5 Å². The summed E-state index contributed by atoms with van der Waals surface area (Å²) >= 11 is 0. The summed E-state index contributed by atoms with van der Waals surface area (Å²) in [5.41, 5.74) is 3.40. The third-order valence-corrected chi connectivity index (χ3v) is 4.52. The third-order valence-electron chi connectivity index (χ3n) is 4.52. The maximum absolute atomic E-state index is 10.9. The summed E-state index contributed by atoms with van der Waals surface area (Å²) in [6, 6.07) is 15.2. The van der Waals surface area contributed by atoms with Gasteiger partial charge in [0.05, 0.1) is 11.7 Å². The Labute approximate surface area is 185 Å². The van der Waals surface area contributed by atoms with Crippen LogP contribution in [0.1, 0.15) is 18.1 Å². The van der Waals surface area contributed by atoms with Crippen LogP contribution in [-0.2, 0) is 9.53 Å². The molecule has 0 radical (unpaired) electrons. The van der Waals surface area contributed by atoms with E-state index in [-0.39, 0.29) is 12.6 Å². The maximum Gasteiger partial charge on any atom is 0.303 e. The molecule has 0 fully saturated rings. The molecule has 158 valence electrons. The lowest BCUT2D eigenvalue weighted by Crippen LogP contribution is -1.98. The first-order chi connectivity index (χ1) is 15.6. The van der Waals surface area contributed by atoms with Gasteiger partial charge in [-0.25, -0.2) is 9.97 Å². The molecule has 0 saturated carbocycles. The van der Waals surface area contributed by atoms with Crippen molar-refractivity contribution in [2.24, 2.45) is 0 Å². The Morgan fingerprint density at radius 1 is 1.12 bits per heavy atom. The van der Waals surface area contributed by atoms with Crippen LogP contribution in [0.25, 0.3) is 10.9 Å². The zero-order valence-corrected chi connectivity index (χ0v) is 17.6. The number of hydrogen-bond acceptors (Lipinski definition) is 7. The second-order valence-corrected chi connectivity index (χ2v) is 6.93. The smallest absolute Gasteiger partial charge is 0.303 e. The molecule has 0 unspecified atom stereocenters. The van der Waals surface area contributed by atoms with E-state index in [4.69, 9.17) is 9.47 Å². The Morgan fingerprint density at radius 3 is 2.81 bits per heavy atom. The van der Waals surface area contributed by atoms with E-state index >= 15 is 0 Å². The molecule has 7 nitrogen and oxygen atoms in total. The number of aromatic nitrogens is 3. The molecule has 0 atom stereocenters. The lowest BCUT2D eigenvalue weighted by Gasteiger charge is -2.12. The number of pyridine rings is 1. The Kier molecular flexibility index (Phi) is 6.23. The van der Waals surface area contributed by atoms with Gasteiger partial charge in [0.1, 0.15) is 23.6 Å². The van der Waals surface area contributed by atoms with Gasteiger partial charge in [-0.15, -0.1) is 0 Å². The van der Waals surface area contributed by atoms with Crippen molar-refractivity contribution in [2.45, 2.75) is 13.8 Å². The van der Waals surface area contributed by atoms with Crippen molar-refractivity contribution < 1.29 is 14.3 Å². The average Bonchev–Trinajstić information content (AvgIpc) is 2.79. The molecule has 7 heteroatoms. The summed E-state index contributed by atoms with van der Waals surface area (Å²) in [4.78, 5) is 23.7. The molecule has 2 aromatic heterocycles. The normalized spacial score (nSPS) is 10.2. The van der Waals surface area contributed by atoms with E-state index in [0.717, 1.165) is 33.5 Å². The fourth-order valence-electron chi connectivity index (χ4n) is 3.02. The van der Waals surface area contributed by atoms with Gasteiger partial charge in [0.2, 0.25) is 0 Å². The van der Waals surface area contributed by atoms with Crippen LogP contribution in [0.3, 0.4) is 0 Å². The topological polar surface area (TPSA) is 86.2 Å². The molecule has 0 amide bonds. The Bertz CT molecular complexity index is 1330. The molecule has 4 rings (SSSR count). The molecular formula is C25H20N4O3. The number of rotatable bonds is 5. The number of esters is 1. The number of carbonyl (C=O) groups excluding carboxylic acids is 1. The van der Waals surface area contributed by atoms with Gasteiger partial charge in [-0.05, 0) is 61.0 Å². The van der Waals surface area contributed by atoms with Gasteiger partial charge in [0.15, 0.2) is 6.61 Å². The van der Waals surface area contributed by atoms with Crippen LogP contribution in [-0.4, -0.2) is 27.5 Å². The summed E-state index contributed by atoms with van der Waals surface area (Å²) in [7, 11) is 0. The molecule has 2 heterocycles. The molecule has 32 heavy (non-hydrogen) atoms. The lowest BCUT2D eigenvalue weighted by atomic mass is 10.1. The fraction of sp³-hybridized carbons (Fsp3) is 0.120. The van der Waals surface area contributed by atoms with Crippen molar-refractivity contribution in [2.75, 3.05) is 11.9 Å². The number of benzene rings is 2. The number of ether oxygens (including phenoxy) is 2. The molecule has 0 spiro atoms. The van der Waals surface area contributed by atoms with E-state index in [1.807, 2.05) is 55.5 Å². The third kappa shape index (κ3) is 5.18. The predicted octanol–water partition coefficient (Wildman–Crippen LogP) is 4.78. The summed E-state index contributed by atoms with van der Waals surface area (Å²) in [5.74, 6) is 7.56. The van der Waals surface area contributed by atoms with Gasteiger partial charge in [0.25, 0.3) is 0 Å². The van der Waals surface area contributed by atoms with Crippen molar-refractivity contribution in [3.05, 3.63) is 78.4 Å². The largest absolute Gasteiger partial charge is 0.455 e. The summed E-state index contributed by atoms with van der Waals surface area (Å²) in [5, 5.41) is 4.19. The monoisotopic (exact) mass is 424 g/mol. The van der Waals surface area contributed by atoms with E-state index in [2.05, 4.69) is 32.1 Å². The SMILES string of the molecule is CC(=O)OCC#Cc1ccc2ncnc(Nc3ccc(Oc4cccnc4)c(C)c3)c2c1. The second-order valence-electron chi connectivity index (χ2n) is 6.93. The highest BCUT2D eigenvalue weighted by Crippen LogP contribution is 2.29. The summed E-state index contributed by atoms with van der Waals surface area (Å²) < 4.78 is 10.7. The van der Waals surface area contributed by atoms with Crippen LogP contribution < -0.4 is 10.1 Å². The van der Waals surface area contributed by atoms with Gasteiger partial charge in [-0.2, -0.15) is 0 Å². The zero-order chi connectivity index (χ0) is 22.3. The Balaban J connectivity index is 1.56. The van der Waals surface area contributed by atoms with Gasteiger partial charge in [0, 0.05) is 29.8 Å². The minimum atomic E-state index is -0.357. The molecule has 0 saturated heterocycles. The van der Waals surface area contributed by atoms with Gasteiger partial charge in [-0.1, -0.05) is 11.8 Å². The van der Waals surface area contributed by atoms with E-state index < -0.39 is 0 Å². The van der Waals surface area contributed by atoms with E-state index in [1.54, 1.807) is 12.4 Å². The van der Waals surface area contributed by atoms with Crippen LogP contribution >= 0.6 is 0 Å². The molecule has 4 aromatic rings. The standard InChI is InChI=1S/C25H20N4O3/c1-17-13-20(8-10-24(17)32-21-6-3-11-26-15-21)29-25-22-14-19(5-4-12-31-18(2)30)7-9-23(22)27-16-28-25/h3,6-11,13-16H,12H2,1-2H3,(H,27,28,29). The Hall–Kier alpha value is -4.44. The maximum atomic E-state index is 10.9. The number of carbonyl (C=O) groups is 1. The molecular weight excluding hydrogens is 404 g/mol. The predicted molar refractivity (Wildman–Crippen MR) is 122 cm³/mol. The quantitative estimate of drug-likeness (QED) is 0.364. The van der Waals surface area contributed by atoms with Gasteiger partial charge < -0.3 is 14.8 Å². The number of nitrogens with one attached hydrogen (secondary N) is 1. The Morgan fingerprint density at radius 2 is 2.03 bits per heavy atom. The van der Waals surface area contributed by atoms with Gasteiger partial charge in [-0.3, -0.25) is 9.78 Å². The van der Waals surface area contributed by atoms with Crippen LogP contribution in [0, 0.1) is 18.8 Å². The molecule has 1 N–H and O–H groups in total. The van der Waals surface area contributed by atoms with Crippen molar-refractivity contribution in [3.8, 4) is 23.3 Å². The van der Waals surface area contributed by atoms with Crippen molar-refractivity contribution in [1.29, 1.82) is 0 Å². The molecule has 0 aliphatic carbocycles. The number of nitrogens with zero attached hydrogens (tertiary/aromatic N) is 3. The highest BCUT2D eigenvalue weighted by molar-refractivity contribution is 5.91. The summed E-state index contributed by atoms with van der Waals surface area (Å²) in [6.45, 7) is 3.38. The molecule has 0 bridgehead atoms. The highest BCUT2D eigenvalue weighted by Gasteiger charge is 2.08. The van der Waals surface area contributed by atoms with Crippen LogP contribution in [0.5, 0.6) is 11.5 Å². The fourth-order valence-corrected chi connectivity index (χ4v) is 3.02. The van der Waals surface area contributed by atoms with Crippen molar-refractivity contribution in [3.63, 3.8) is 0 Å². The second kappa shape index (κ2) is 9.58. The van der Waals surface area contributed by atoms with E-state index in [0.29, 0.717) is 11.6 Å². The molecule has 0 aliphatic rings. The zero-order valence-electron chi connectivity index (χ0n) is 17.6.